The van der Waals surface area contributed by atoms with Crippen LogP contribution in [0, 0.1) is 5.82 Å². The summed E-state index contributed by atoms with van der Waals surface area (Å²) in [6, 6.07) is 9.99. The second kappa shape index (κ2) is 5.07. The molecule has 2 aromatic carbocycles. The number of benzene rings is 2. The van der Waals surface area contributed by atoms with Crippen LogP contribution in [0.15, 0.2) is 36.4 Å². The van der Waals surface area contributed by atoms with Gasteiger partial charge in [0.05, 0.1) is 0 Å². The summed E-state index contributed by atoms with van der Waals surface area (Å²) < 4.78 is 12.8. The Hall–Kier alpha value is -1.05. The van der Waals surface area contributed by atoms with Crippen molar-refractivity contribution in [3.63, 3.8) is 0 Å². The molecule has 0 heterocycles. The van der Waals surface area contributed by atoms with Crippen molar-refractivity contribution in [2.24, 2.45) is 0 Å². The van der Waals surface area contributed by atoms with Crippen molar-refractivity contribution < 1.29 is 4.39 Å². The predicted molar refractivity (Wildman–Crippen MR) is 71.2 cm³/mol. The first-order valence-electron chi connectivity index (χ1n) is 5.35. The van der Waals surface area contributed by atoms with Crippen molar-refractivity contribution in [1.29, 1.82) is 0 Å². The smallest absolute Gasteiger partial charge is 0.123 e. The maximum atomic E-state index is 12.8. The molecule has 88 valence electrons. The molecule has 2 aromatic rings. The van der Waals surface area contributed by atoms with Crippen LogP contribution in [0.2, 0.25) is 10.0 Å². The molecule has 0 N–H and O–H groups in total. The average molecular weight is 269 g/mol. The van der Waals surface area contributed by atoms with E-state index in [1.54, 1.807) is 12.1 Å². The molecule has 0 saturated heterocycles. The van der Waals surface area contributed by atoms with E-state index in [9.17, 15) is 4.39 Å². The van der Waals surface area contributed by atoms with E-state index in [4.69, 9.17) is 23.2 Å². The number of hydrogen-bond donors (Lipinski definition) is 0. The fourth-order valence-corrected chi connectivity index (χ4v) is 2.50. The molecule has 0 aromatic heterocycles. The quantitative estimate of drug-likeness (QED) is 0.688. The molecule has 0 bridgehead atoms. The first-order valence-corrected chi connectivity index (χ1v) is 6.11. The molecule has 0 aliphatic heterocycles. The molecule has 0 radical (unpaired) electrons. The highest BCUT2D eigenvalue weighted by Crippen LogP contribution is 2.32. The lowest BCUT2D eigenvalue weighted by Crippen LogP contribution is -1.87. The molecule has 0 fully saturated rings. The van der Waals surface area contributed by atoms with Gasteiger partial charge in [0.2, 0.25) is 0 Å². The normalized spacial score (nSPS) is 10.6. The van der Waals surface area contributed by atoms with Crippen LogP contribution >= 0.6 is 23.2 Å². The van der Waals surface area contributed by atoms with Crippen molar-refractivity contribution in [2.75, 3.05) is 0 Å². The monoisotopic (exact) mass is 268 g/mol. The van der Waals surface area contributed by atoms with Gasteiger partial charge in [-0.2, -0.15) is 0 Å². The summed E-state index contributed by atoms with van der Waals surface area (Å²) in [5, 5.41) is 1.30. The van der Waals surface area contributed by atoms with Gasteiger partial charge in [0.15, 0.2) is 0 Å². The van der Waals surface area contributed by atoms with E-state index in [0.717, 1.165) is 23.1 Å². The standard InChI is InChI=1S/C14H11Cl2F/c1-2-12-13(15)7-10(8-14(12)16)9-3-5-11(17)6-4-9/h3-8H,2H2,1H3. The minimum absolute atomic E-state index is 0.254. The van der Waals surface area contributed by atoms with Crippen LogP contribution in [-0.4, -0.2) is 0 Å². The minimum atomic E-state index is -0.254. The van der Waals surface area contributed by atoms with Crippen LogP contribution in [0.4, 0.5) is 4.39 Å². The molecule has 0 spiro atoms. The van der Waals surface area contributed by atoms with Crippen LogP contribution in [0.25, 0.3) is 11.1 Å². The van der Waals surface area contributed by atoms with Crippen molar-refractivity contribution in [3.05, 3.63) is 57.8 Å². The van der Waals surface area contributed by atoms with Gasteiger partial charge in [-0.1, -0.05) is 42.3 Å². The van der Waals surface area contributed by atoms with E-state index in [2.05, 4.69) is 0 Å². The summed E-state index contributed by atoms with van der Waals surface area (Å²) in [7, 11) is 0. The van der Waals surface area contributed by atoms with Crippen LogP contribution in [0.5, 0.6) is 0 Å². The third kappa shape index (κ3) is 2.62. The third-order valence-corrected chi connectivity index (χ3v) is 3.35. The summed E-state index contributed by atoms with van der Waals surface area (Å²) in [5.41, 5.74) is 2.74. The fourth-order valence-electron chi connectivity index (χ4n) is 1.75. The third-order valence-electron chi connectivity index (χ3n) is 2.67. The molecular formula is C14H11Cl2F. The topological polar surface area (TPSA) is 0 Å². The molecule has 0 unspecified atom stereocenters. The SMILES string of the molecule is CCc1c(Cl)cc(-c2ccc(F)cc2)cc1Cl. The van der Waals surface area contributed by atoms with E-state index in [-0.39, 0.29) is 5.82 Å². The highest BCUT2D eigenvalue weighted by molar-refractivity contribution is 6.36. The number of halogens is 3. The van der Waals surface area contributed by atoms with E-state index >= 15 is 0 Å². The molecule has 0 atom stereocenters. The summed E-state index contributed by atoms with van der Waals surface area (Å²) >= 11 is 12.3. The van der Waals surface area contributed by atoms with E-state index in [1.807, 2.05) is 19.1 Å². The van der Waals surface area contributed by atoms with Gasteiger partial charge in [-0.3, -0.25) is 0 Å². The van der Waals surface area contributed by atoms with Crippen molar-refractivity contribution in [3.8, 4) is 11.1 Å². The summed E-state index contributed by atoms with van der Waals surface area (Å²) in [6.07, 6.45) is 0.793. The van der Waals surface area contributed by atoms with Gasteiger partial charge < -0.3 is 0 Å². The molecule has 0 nitrogen and oxygen atoms in total. The highest BCUT2D eigenvalue weighted by atomic mass is 35.5. The van der Waals surface area contributed by atoms with Crippen molar-refractivity contribution >= 4 is 23.2 Å². The van der Waals surface area contributed by atoms with E-state index < -0.39 is 0 Å². The summed E-state index contributed by atoms with van der Waals surface area (Å²) in [5.74, 6) is -0.254. The number of rotatable bonds is 2. The minimum Gasteiger partial charge on any atom is -0.207 e. The van der Waals surface area contributed by atoms with E-state index in [1.165, 1.54) is 12.1 Å². The first-order chi connectivity index (χ1) is 8.11. The van der Waals surface area contributed by atoms with E-state index in [0.29, 0.717) is 10.0 Å². The predicted octanol–water partition coefficient (Wildman–Crippen LogP) is 5.36. The molecule has 0 aliphatic rings. The van der Waals surface area contributed by atoms with Crippen LogP contribution < -0.4 is 0 Å². The maximum Gasteiger partial charge on any atom is 0.123 e. The average Bonchev–Trinajstić information content (AvgIpc) is 2.29. The lowest BCUT2D eigenvalue weighted by atomic mass is 10.0. The molecule has 0 saturated carbocycles. The fraction of sp³-hybridized carbons (Fsp3) is 0.143. The van der Waals surface area contributed by atoms with Gasteiger partial charge in [0, 0.05) is 10.0 Å². The van der Waals surface area contributed by atoms with Gasteiger partial charge in [0.1, 0.15) is 5.82 Å². The maximum absolute atomic E-state index is 12.8. The molecule has 17 heavy (non-hydrogen) atoms. The summed E-state index contributed by atoms with van der Waals surface area (Å²) in [4.78, 5) is 0. The van der Waals surface area contributed by atoms with Crippen LogP contribution in [-0.2, 0) is 6.42 Å². The van der Waals surface area contributed by atoms with Gasteiger partial charge in [-0.05, 0) is 47.4 Å². The Morgan fingerprint density at radius 2 is 1.47 bits per heavy atom. The largest absolute Gasteiger partial charge is 0.207 e. The Labute approximate surface area is 110 Å². The summed E-state index contributed by atoms with van der Waals surface area (Å²) in [6.45, 7) is 2.00. The van der Waals surface area contributed by atoms with Gasteiger partial charge in [-0.25, -0.2) is 4.39 Å². The zero-order chi connectivity index (χ0) is 12.4. The zero-order valence-corrected chi connectivity index (χ0v) is 10.8. The van der Waals surface area contributed by atoms with Gasteiger partial charge in [-0.15, -0.1) is 0 Å². The van der Waals surface area contributed by atoms with Crippen LogP contribution in [0.3, 0.4) is 0 Å². The Bertz CT molecular complexity index is 509. The van der Waals surface area contributed by atoms with Crippen LogP contribution in [0.1, 0.15) is 12.5 Å². The molecule has 0 amide bonds. The Morgan fingerprint density at radius 3 is 1.94 bits per heavy atom. The second-order valence-corrected chi connectivity index (χ2v) is 4.59. The second-order valence-electron chi connectivity index (χ2n) is 3.78. The first kappa shape index (κ1) is 12.4. The molecule has 2 rings (SSSR count). The van der Waals surface area contributed by atoms with Gasteiger partial charge in [0.25, 0.3) is 0 Å². The molecule has 0 aliphatic carbocycles. The Balaban J connectivity index is 2.50. The zero-order valence-electron chi connectivity index (χ0n) is 9.31. The Morgan fingerprint density at radius 1 is 0.941 bits per heavy atom. The Kier molecular flexibility index (Phi) is 3.70. The lowest BCUT2D eigenvalue weighted by molar-refractivity contribution is 0.628. The van der Waals surface area contributed by atoms with Crippen molar-refractivity contribution in [2.45, 2.75) is 13.3 Å². The lowest BCUT2D eigenvalue weighted by Gasteiger charge is -2.08. The number of hydrogen-bond acceptors (Lipinski definition) is 0. The molecule has 3 heteroatoms. The van der Waals surface area contributed by atoms with Crippen molar-refractivity contribution in [1.82, 2.24) is 0 Å². The highest BCUT2D eigenvalue weighted by Gasteiger charge is 2.07. The van der Waals surface area contributed by atoms with Gasteiger partial charge >= 0.3 is 0 Å². The molecular weight excluding hydrogens is 258 g/mol.